The van der Waals surface area contributed by atoms with Gasteiger partial charge in [-0.15, -0.1) is 0 Å². The van der Waals surface area contributed by atoms with Crippen LogP contribution in [0.1, 0.15) is 12.0 Å². The van der Waals surface area contributed by atoms with E-state index in [9.17, 15) is 4.79 Å². The summed E-state index contributed by atoms with van der Waals surface area (Å²) in [4.78, 5) is 16.3. The fourth-order valence-electron chi connectivity index (χ4n) is 2.28. The van der Waals surface area contributed by atoms with E-state index in [4.69, 9.17) is 9.47 Å². The molecule has 0 saturated carbocycles. The quantitative estimate of drug-likeness (QED) is 0.868. The molecule has 22 heavy (non-hydrogen) atoms. The second-order valence-corrected chi connectivity index (χ2v) is 4.71. The summed E-state index contributed by atoms with van der Waals surface area (Å²) in [7, 11) is 3.12. The van der Waals surface area contributed by atoms with Gasteiger partial charge in [0, 0.05) is 24.0 Å². The van der Waals surface area contributed by atoms with Crippen molar-refractivity contribution in [1.29, 1.82) is 0 Å². The first kappa shape index (κ1) is 14.1. The van der Waals surface area contributed by atoms with Crippen molar-refractivity contribution < 1.29 is 14.3 Å². The number of carbonyl (C=O) groups is 1. The summed E-state index contributed by atoms with van der Waals surface area (Å²) in [5.74, 6) is 1.07. The van der Waals surface area contributed by atoms with E-state index in [0.717, 1.165) is 5.56 Å². The van der Waals surface area contributed by atoms with Gasteiger partial charge in [0.15, 0.2) is 11.5 Å². The molecule has 0 spiro atoms. The van der Waals surface area contributed by atoms with Crippen molar-refractivity contribution in [2.75, 3.05) is 19.2 Å². The van der Waals surface area contributed by atoms with E-state index in [1.807, 2.05) is 12.1 Å². The largest absolute Gasteiger partial charge is 0.493 e. The van der Waals surface area contributed by atoms with E-state index in [1.165, 1.54) is 5.01 Å². The van der Waals surface area contributed by atoms with Gasteiger partial charge in [0.2, 0.25) is 0 Å². The lowest BCUT2D eigenvalue weighted by atomic mass is 10.1. The first-order valence-corrected chi connectivity index (χ1v) is 6.76. The van der Waals surface area contributed by atoms with Crippen LogP contribution in [0.3, 0.4) is 0 Å². The second kappa shape index (κ2) is 5.85. The highest BCUT2D eigenvalue weighted by molar-refractivity contribution is 6.19. The van der Waals surface area contributed by atoms with Gasteiger partial charge in [0.1, 0.15) is 0 Å². The maximum absolute atomic E-state index is 12.2. The van der Waals surface area contributed by atoms with Crippen LogP contribution in [0.25, 0.3) is 0 Å². The number of hydrazone groups is 1. The van der Waals surface area contributed by atoms with Crippen LogP contribution in [0, 0.1) is 0 Å². The first-order valence-electron chi connectivity index (χ1n) is 6.76. The fourth-order valence-corrected chi connectivity index (χ4v) is 2.28. The monoisotopic (exact) mass is 297 g/mol. The summed E-state index contributed by atoms with van der Waals surface area (Å²) >= 11 is 0. The lowest BCUT2D eigenvalue weighted by Gasteiger charge is -2.14. The highest BCUT2D eigenvalue weighted by Gasteiger charge is 2.26. The van der Waals surface area contributed by atoms with Gasteiger partial charge in [0.25, 0.3) is 5.91 Å². The standard InChI is InChI=1S/C16H15N3O3/c1-21-14-6-5-12(8-15(14)22-2)19-16(20)9-13(18-19)11-4-3-7-17-10-11/h3-8,10H,9H2,1-2H3. The van der Waals surface area contributed by atoms with E-state index in [2.05, 4.69) is 10.1 Å². The smallest absolute Gasteiger partial charge is 0.253 e. The summed E-state index contributed by atoms with van der Waals surface area (Å²) in [6.45, 7) is 0. The van der Waals surface area contributed by atoms with Crippen molar-refractivity contribution in [3.05, 3.63) is 48.3 Å². The first-order chi connectivity index (χ1) is 10.7. The Bertz CT molecular complexity index is 729. The Labute approximate surface area is 128 Å². The normalized spacial score (nSPS) is 14.0. The van der Waals surface area contributed by atoms with Crippen LogP contribution in [-0.4, -0.2) is 30.8 Å². The Kier molecular flexibility index (Phi) is 3.74. The molecule has 0 saturated heterocycles. The minimum absolute atomic E-state index is 0.0916. The number of amides is 1. The van der Waals surface area contributed by atoms with E-state index in [-0.39, 0.29) is 12.3 Å². The molecule has 1 aliphatic rings. The molecule has 0 bridgehead atoms. The van der Waals surface area contributed by atoms with Crippen molar-refractivity contribution >= 4 is 17.3 Å². The van der Waals surface area contributed by atoms with Gasteiger partial charge in [-0.3, -0.25) is 9.78 Å². The van der Waals surface area contributed by atoms with Crippen LogP contribution in [-0.2, 0) is 4.79 Å². The molecule has 3 rings (SSSR count). The zero-order valence-corrected chi connectivity index (χ0v) is 12.3. The molecular formula is C16H15N3O3. The van der Waals surface area contributed by atoms with Crippen LogP contribution >= 0.6 is 0 Å². The molecule has 112 valence electrons. The molecule has 0 unspecified atom stereocenters. The zero-order valence-electron chi connectivity index (χ0n) is 12.3. The molecule has 0 radical (unpaired) electrons. The summed E-state index contributed by atoms with van der Waals surface area (Å²) < 4.78 is 10.5. The number of benzene rings is 1. The molecule has 6 heteroatoms. The van der Waals surface area contributed by atoms with Crippen molar-refractivity contribution in [2.45, 2.75) is 6.42 Å². The van der Waals surface area contributed by atoms with Crippen LogP contribution in [0.15, 0.2) is 47.8 Å². The number of pyridine rings is 1. The highest BCUT2D eigenvalue weighted by atomic mass is 16.5. The van der Waals surface area contributed by atoms with Crippen molar-refractivity contribution in [3.63, 3.8) is 0 Å². The Hall–Kier alpha value is -2.89. The highest BCUT2D eigenvalue weighted by Crippen LogP contribution is 2.33. The number of hydrogen-bond donors (Lipinski definition) is 0. The average molecular weight is 297 g/mol. The van der Waals surface area contributed by atoms with E-state index < -0.39 is 0 Å². The van der Waals surface area contributed by atoms with Crippen molar-refractivity contribution in [2.24, 2.45) is 5.10 Å². The minimum Gasteiger partial charge on any atom is -0.493 e. The molecule has 0 N–H and O–H groups in total. The van der Waals surface area contributed by atoms with Gasteiger partial charge in [-0.05, 0) is 24.3 Å². The number of ether oxygens (including phenoxy) is 2. The molecular weight excluding hydrogens is 282 g/mol. The lowest BCUT2D eigenvalue weighted by molar-refractivity contribution is -0.116. The molecule has 1 aromatic heterocycles. The average Bonchev–Trinajstić information content (AvgIpc) is 2.97. The molecule has 2 aromatic rings. The predicted molar refractivity (Wildman–Crippen MR) is 82.4 cm³/mol. The molecule has 2 heterocycles. The van der Waals surface area contributed by atoms with Crippen LogP contribution in [0.4, 0.5) is 5.69 Å². The van der Waals surface area contributed by atoms with Crippen LogP contribution < -0.4 is 14.5 Å². The number of rotatable bonds is 4. The topological polar surface area (TPSA) is 64.0 Å². The summed E-state index contributed by atoms with van der Waals surface area (Å²) in [6, 6.07) is 8.96. The summed E-state index contributed by atoms with van der Waals surface area (Å²) in [5.41, 5.74) is 2.19. The second-order valence-electron chi connectivity index (χ2n) is 4.71. The number of anilines is 1. The Morgan fingerprint density at radius 1 is 1.14 bits per heavy atom. The van der Waals surface area contributed by atoms with E-state index >= 15 is 0 Å². The van der Waals surface area contributed by atoms with Gasteiger partial charge in [0.05, 0.1) is 32.0 Å². The lowest BCUT2D eigenvalue weighted by Crippen LogP contribution is -2.19. The van der Waals surface area contributed by atoms with E-state index in [0.29, 0.717) is 22.9 Å². The third kappa shape index (κ3) is 2.50. The van der Waals surface area contributed by atoms with E-state index in [1.54, 1.807) is 44.8 Å². The summed E-state index contributed by atoms with van der Waals surface area (Å²) in [5, 5.41) is 5.78. The SMILES string of the molecule is COc1ccc(N2N=C(c3cccnc3)CC2=O)cc1OC. The number of nitrogens with zero attached hydrogens (tertiary/aromatic N) is 3. The zero-order chi connectivity index (χ0) is 15.5. The number of hydrogen-bond acceptors (Lipinski definition) is 5. The number of aromatic nitrogens is 1. The Morgan fingerprint density at radius 2 is 1.95 bits per heavy atom. The van der Waals surface area contributed by atoms with Gasteiger partial charge in [-0.1, -0.05) is 0 Å². The molecule has 1 aromatic carbocycles. The maximum atomic E-state index is 12.2. The molecule has 6 nitrogen and oxygen atoms in total. The van der Waals surface area contributed by atoms with Gasteiger partial charge >= 0.3 is 0 Å². The van der Waals surface area contributed by atoms with Crippen molar-refractivity contribution in [1.82, 2.24) is 4.98 Å². The molecule has 1 aliphatic heterocycles. The fraction of sp³-hybridized carbons (Fsp3) is 0.188. The van der Waals surface area contributed by atoms with Gasteiger partial charge in [-0.2, -0.15) is 10.1 Å². The maximum Gasteiger partial charge on any atom is 0.253 e. The Morgan fingerprint density at radius 3 is 2.64 bits per heavy atom. The molecule has 0 fully saturated rings. The van der Waals surface area contributed by atoms with Crippen LogP contribution in [0.2, 0.25) is 0 Å². The van der Waals surface area contributed by atoms with Gasteiger partial charge in [-0.25, -0.2) is 0 Å². The van der Waals surface area contributed by atoms with Crippen molar-refractivity contribution in [3.8, 4) is 11.5 Å². The number of carbonyl (C=O) groups excluding carboxylic acids is 1. The van der Waals surface area contributed by atoms with Crippen LogP contribution in [0.5, 0.6) is 11.5 Å². The predicted octanol–water partition coefficient (Wildman–Crippen LogP) is 2.24. The minimum atomic E-state index is -0.0916. The molecule has 0 atom stereocenters. The Balaban J connectivity index is 1.95. The third-order valence-electron chi connectivity index (χ3n) is 3.38. The molecule has 0 aliphatic carbocycles. The van der Waals surface area contributed by atoms with Gasteiger partial charge < -0.3 is 9.47 Å². The third-order valence-corrected chi connectivity index (χ3v) is 3.38. The molecule has 1 amide bonds. The number of methoxy groups -OCH3 is 2. The summed E-state index contributed by atoms with van der Waals surface area (Å²) in [6.07, 6.45) is 3.64.